The summed E-state index contributed by atoms with van der Waals surface area (Å²) in [4.78, 5) is 40.8. The summed E-state index contributed by atoms with van der Waals surface area (Å²) in [7, 11) is 1.57. The molecule has 0 bridgehead atoms. The molecule has 1 saturated heterocycles. The molecule has 3 atom stereocenters. The Labute approximate surface area is 185 Å². The summed E-state index contributed by atoms with van der Waals surface area (Å²) in [6.07, 6.45) is 3.47. The maximum Gasteiger partial charge on any atom is 0.268 e. The molecule has 1 aromatic carbocycles. The van der Waals surface area contributed by atoms with E-state index in [1.54, 1.807) is 13.2 Å². The summed E-state index contributed by atoms with van der Waals surface area (Å²) in [6, 6.07) is 7.73. The Morgan fingerprint density at radius 3 is 2.72 bits per heavy atom. The smallest absolute Gasteiger partial charge is 0.268 e. The third-order valence-electron chi connectivity index (χ3n) is 6.13. The van der Waals surface area contributed by atoms with Crippen LogP contribution in [0.4, 0.5) is 0 Å². The first-order valence-electron chi connectivity index (χ1n) is 10.9. The first kappa shape index (κ1) is 21.7. The van der Waals surface area contributed by atoms with Crippen molar-refractivity contribution < 1.29 is 19.1 Å². The maximum atomic E-state index is 13.0. The highest BCUT2D eigenvalue weighted by molar-refractivity contribution is 6.01. The minimum atomic E-state index is -0.785. The average Bonchev–Trinajstić information content (AvgIpc) is 3.35. The van der Waals surface area contributed by atoms with Gasteiger partial charge in [0.2, 0.25) is 11.8 Å². The third-order valence-corrected chi connectivity index (χ3v) is 6.13. The van der Waals surface area contributed by atoms with Gasteiger partial charge in [0.15, 0.2) is 0 Å². The first-order chi connectivity index (χ1) is 15.5. The van der Waals surface area contributed by atoms with Gasteiger partial charge in [0, 0.05) is 23.4 Å². The SMILES string of the molecule is COc1cccc2[nH]c(C(=O)NC(CC3CC3)C(=O)N[C@H](C#N)C[C@@H]3CCNC3=O)cc12. The Kier molecular flexibility index (Phi) is 6.30. The van der Waals surface area contributed by atoms with Crippen LogP contribution in [-0.4, -0.2) is 48.4 Å². The minimum Gasteiger partial charge on any atom is -0.496 e. The number of amides is 3. The molecule has 1 aromatic heterocycles. The van der Waals surface area contributed by atoms with Crippen LogP contribution in [0.5, 0.6) is 5.75 Å². The van der Waals surface area contributed by atoms with Gasteiger partial charge in [0.05, 0.1) is 13.2 Å². The van der Waals surface area contributed by atoms with Gasteiger partial charge in [-0.3, -0.25) is 14.4 Å². The van der Waals surface area contributed by atoms with Crippen molar-refractivity contribution in [1.82, 2.24) is 20.9 Å². The molecule has 1 unspecified atom stereocenters. The molecule has 2 heterocycles. The van der Waals surface area contributed by atoms with Crippen LogP contribution in [-0.2, 0) is 9.59 Å². The van der Waals surface area contributed by atoms with Gasteiger partial charge in [-0.1, -0.05) is 18.9 Å². The molecule has 1 saturated carbocycles. The van der Waals surface area contributed by atoms with Crippen LogP contribution in [0.25, 0.3) is 10.9 Å². The van der Waals surface area contributed by atoms with Gasteiger partial charge in [-0.15, -0.1) is 0 Å². The number of hydrogen-bond donors (Lipinski definition) is 4. The van der Waals surface area contributed by atoms with Crippen molar-refractivity contribution in [3.8, 4) is 11.8 Å². The summed E-state index contributed by atoms with van der Waals surface area (Å²) in [5.41, 5.74) is 1.09. The number of nitrogens with zero attached hydrogens (tertiary/aromatic N) is 1. The van der Waals surface area contributed by atoms with Crippen molar-refractivity contribution in [2.75, 3.05) is 13.7 Å². The number of methoxy groups -OCH3 is 1. The van der Waals surface area contributed by atoms with Gasteiger partial charge in [-0.2, -0.15) is 5.26 Å². The molecule has 0 radical (unpaired) electrons. The maximum absolute atomic E-state index is 13.0. The zero-order valence-electron chi connectivity index (χ0n) is 17.9. The van der Waals surface area contributed by atoms with E-state index >= 15 is 0 Å². The Hall–Kier alpha value is -3.54. The van der Waals surface area contributed by atoms with Crippen molar-refractivity contribution in [1.29, 1.82) is 5.26 Å². The Morgan fingerprint density at radius 2 is 2.06 bits per heavy atom. The second kappa shape index (κ2) is 9.30. The van der Waals surface area contributed by atoms with Crippen LogP contribution in [0, 0.1) is 23.2 Å². The summed E-state index contributed by atoms with van der Waals surface area (Å²) in [5.74, 6) is -0.126. The van der Waals surface area contributed by atoms with Crippen LogP contribution in [0.15, 0.2) is 24.3 Å². The fourth-order valence-electron chi connectivity index (χ4n) is 4.15. The van der Waals surface area contributed by atoms with Crippen molar-refractivity contribution in [2.24, 2.45) is 11.8 Å². The zero-order valence-corrected chi connectivity index (χ0v) is 17.9. The van der Waals surface area contributed by atoms with E-state index in [-0.39, 0.29) is 18.2 Å². The molecule has 168 valence electrons. The predicted molar refractivity (Wildman–Crippen MR) is 117 cm³/mol. The highest BCUT2D eigenvalue weighted by Gasteiger charge is 2.33. The lowest BCUT2D eigenvalue weighted by Crippen LogP contribution is -2.50. The van der Waals surface area contributed by atoms with Gasteiger partial charge in [-0.05, 0) is 43.4 Å². The summed E-state index contributed by atoms with van der Waals surface area (Å²) >= 11 is 0. The Bertz CT molecular complexity index is 1070. The quantitative estimate of drug-likeness (QED) is 0.472. The highest BCUT2D eigenvalue weighted by atomic mass is 16.5. The van der Waals surface area contributed by atoms with Crippen molar-refractivity contribution in [2.45, 2.75) is 44.2 Å². The normalized spacial score (nSPS) is 19.6. The zero-order chi connectivity index (χ0) is 22.7. The molecule has 4 N–H and O–H groups in total. The Balaban J connectivity index is 1.44. The van der Waals surface area contributed by atoms with Crippen LogP contribution in [0.2, 0.25) is 0 Å². The third kappa shape index (κ3) is 4.85. The molecule has 2 fully saturated rings. The predicted octanol–water partition coefficient (Wildman–Crippen LogP) is 1.61. The van der Waals surface area contributed by atoms with Gasteiger partial charge < -0.3 is 25.7 Å². The number of H-pyrrole nitrogens is 1. The number of carbonyl (C=O) groups is 3. The van der Waals surface area contributed by atoms with Crippen molar-refractivity contribution in [3.05, 3.63) is 30.0 Å². The summed E-state index contributed by atoms with van der Waals surface area (Å²) < 4.78 is 5.34. The molecule has 3 amide bonds. The van der Waals surface area contributed by atoms with Gasteiger partial charge in [0.1, 0.15) is 23.5 Å². The van der Waals surface area contributed by atoms with E-state index in [1.807, 2.05) is 18.2 Å². The van der Waals surface area contributed by atoms with Gasteiger partial charge in [0.25, 0.3) is 5.91 Å². The lowest BCUT2D eigenvalue weighted by atomic mass is 9.98. The molecular weight excluding hydrogens is 410 g/mol. The molecule has 32 heavy (non-hydrogen) atoms. The number of carbonyl (C=O) groups excluding carboxylic acids is 3. The number of aromatic amines is 1. The number of aromatic nitrogens is 1. The van der Waals surface area contributed by atoms with E-state index in [0.717, 1.165) is 23.7 Å². The van der Waals surface area contributed by atoms with Crippen LogP contribution in [0.1, 0.15) is 42.6 Å². The van der Waals surface area contributed by atoms with Crippen molar-refractivity contribution in [3.63, 3.8) is 0 Å². The number of ether oxygens (including phenoxy) is 1. The van der Waals surface area contributed by atoms with E-state index < -0.39 is 23.9 Å². The lowest BCUT2D eigenvalue weighted by Gasteiger charge is -2.21. The molecular formula is C23H27N5O4. The molecule has 4 rings (SSSR count). The monoisotopic (exact) mass is 437 g/mol. The molecule has 2 aromatic rings. The van der Waals surface area contributed by atoms with E-state index in [1.165, 1.54) is 0 Å². The number of benzene rings is 1. The number of nitriles is 1. The van der Waals surface area contributed by atoms with Crippen molar-refractivity contribution >= 4 is 28.6 Å². The topological polar surface area (TPSA) is 136 Å². The minimum absolute atomic E-state index is 0.0865. The van der Waals surface area contributed by atoms with Crippen LogP contribution in [0.3, 0.4) is 0 Å². The molecule has 1 aliphatic carbocycles. The van der Waals surface area contributed by atoms with E-state index in [2.05, 4.69) is 27.0 Å². The molecule has 1 aliphatic heterocycles. The number of fused-ring (bicyclic) bond motifs is 1. The fraction of sp³-hybridized carbons (Fsp3) is 0.478. The highest BCUT2D eigenvalue weighted by Crippen LogP contribution is 2.34. The second-order valence-electron chi connectivity index (χ2n) is 8.51. The molecule has 9 heteroatoms. The second-order valence-corrected chi connectivity index (χ2v) is 8.51. The molecule has 0 spiro atoms. The number of rotatable bonds is 9. The van der Waals surface area contributed by atoms with E-state index in [4.69, 9.17) is 4.74 Å². The van der Waals surface area contributed by atoms with Crippen LogP contribution < -0.4 is 20.7 Å². The van der Waals surface area contributed by atoms with E-state index in [9.17, 15) is 19.6 Å². The average molecular weight is 438 g/mol. The van der Waals surface area contributed by atoms with E-state index in [0.29, 0.717) is 36.7 Å². The molecule has 9 nitrogen and oxygen atoms in total. The largest absolute Gasteiger partial charge is 0.496 e. The summed E-state index contributed by atoms with van der Waals surface area (Å²) in [5, 5.41) is 18.6. The number of hydrogen-bond acceptors (Lipinski definition) is 5. The number of nitrogens with one attached hydrogen (secondary N) is 4. The fourth-order valence-corrected chi connectivity index (χ4v) is 4.15. The summed E-state index contributed by atoms with van der Waals surface area (Å²) in [6.45, 7) is 0.589. The van der Waals surface area contributed by atoms with Gasteiger partial charge in [-0.25, -0.2) is 0 Å². The standard InChI is InChI=1S/C23H27N5O4/c1-32-20-4-2-3-17-16(20)11-19(27-17)23(31)28-18(9-13-5-6-13)22(30)26-15(12-24)10-14-7-8-25-21(14)29/h2-4,11,13-15,18,27H,5-10H2,1H3,(H,25,29)(H,26,30)(H,28,31)/t14-,15-,18?/m0/s1. The van der Waals surface area contributed by atoms with Gasteiger partial charge >= 0.3 is 0 Å². The first-order valence-corrected chi connectivity index (χ1v) is 10.9. The van der Waals surface area contributed by atoms with Crippen LogP contribution >= 0.6 is 0 Å². The molecule has 2 aliphatic rings. The lowest BCUT2D eigenvalue weighted by molar-refractivity contribution is -0.125. The Morgan fingerprint density at radius 1 is 1.25 bits per heavy atom.